The number of unbranched alkanes of at least 4 members (excludes halogenated alkanes) is 1. The molecule has 3 heteroatoms. The predicted octanol–water partition coefficient (Wildman–Crippen LogP) is 2.39. The minimum atomic E-state index is -0.721. The molecule has 1 aliphatic rings. The highest BCUT2D eigenvalue weighted by molar-refractivity contribution is 6.62. The summed E-state index contributed by atoms with van der Waals surface area (Å²) in [6, 6.07) is 2.86. The van der Waals surface area contributed by atoms with Crippen molar-refractivity contribution in [2.75, 3.05) is 0 Å². The maximum Gasteiger partial charge on any atom is 0.0779 e. The Balaban J connectivity index is 2.46. The molecule has 0 amide bonds. The van der Waals surface area contributed by atoms with Crippen LogP contribution in [0.5, 0.6) is 0 Å². The highest BCUT2D eigenvalue weighted by Gasteiger charge is 2.37. The zero-order valence-electron chi connectivity index (χ0n) is 9.01. The summed E-state index contributed by atoms with van der Waals surface area (Å²) in [6.45, 7) is 4.50. The van der Waals surface area contributed by atoms with E-state index in [1.54, 1.807) is 0 Å². The molecule has 1 aliphatic heterocycles. The van der Waals surface area contributed by atoms with Crippen molar-refractivity contribution < 1.29 is 4.84 Å². The molecule has 2 nitrogen and oxygen atoms in total. The van der Waals surface area contributed by atoms with Crippen molar-refractivity contribution in [1.82, 2.24) is 0 Å². The normalized spacial score (nSPS) is 34.8. The third kappa shape index (κ3) is 2.79. The zero-order chi connectivity index (χ0) is 9.73. The Labute approximate surface area is 83.4 Å². The summed E-state index contributed by atoms with van der Waals surface area (Å²) in [4.78, 5) is 5.25. The highest BCUT2D eigenvalue weighted by atomic mass is 28.3. The van der Waals surface area contributed by atoms with Gasteiger partial charge in [-0.15, -0.1) is 0 Å². The molecule has 0 aromatic carbocycles. The van der Waals surface area contributed by atoms with Crippen LogP contribution in [-0.2, 0) is 4.84 Å². The van der Waals surface area contributed by atoms with Crippen LogP contribution in [0.25, 0.3) is 0 Å². The van der Waals surface area contributed by atoms with Gasteiger partial charge in [-0.2, -0.15) is 0 Å². The summed E-state index contributed by atoms with van der Waals surface area (Å²) in [5.41, 5.74) is 0. The Bertz CT molecular complexity index is 154. The van der Waals surface area contributed by atoms with E-state index in [1.165, 1.54) is 44.2 Å². The van der Waals surface area contributed by atoms with Gasteiger partial charge in [-0.25, -0.2) is 5.90 Å². The summed E-state index contributed by atoms with van der Waals surface area (Å²) in [5, 5.41) is 0.105. The van der Waals surface area contributed by atoms with Gasteiger partial charge in [0, 0.05) is 0 Å². The molecule has 1 fully saturated rings. The lowest BCUT2D eigenvalue weighted by molar-refractivity contribution is 0.0128. The van der Waals surface area contributed by atoms with Gasteiger partial charge in [0.15, 0.2) is 0 Å². The van der Waals surface area contributed by atoms with Crippen LogP contribution in [0, 0.1) is 0 Å². The largest absolute Gasteiger partial charge is 0.302 e. The first-order valence-electron chi connectivity index (χ1n) is 5.61. The first-order valence-corrected chi connectivity index (χ1v) is 7.82. The van der Waals surface area contributed by atoms with Crippen molar-refractivity contribution in [3.63, 3.8) is 0 Å². The predicted molar refractivity (Wildman–Crippen MR) is 59.2 cm³/mol. The van der Waals surface area contributed by atoms with Crippen molar-refractivity contribution in [2.24, 2.45) is 5.90 Å². The fourth-order valence-electron chi connectivity index (χ4n) is 2.43. The van der Waals surface area contributed by atoms with E-state index >= 15 is 0 Å². The third-order valence-corrected chi connectivity index (χ3v) is 7.88. The van der Waals surface area contributed by atoms with E-state index in [4.69, 9.17) is 10.7 Å². The summed E-state index contributed by atoms with van der Waals surface area (Å²) >= 11 is 0. The lowest BCUT2D eigenvalue weighted by Crippen LogP contribution is -2.49. The SMILES string of the molecule is CCCC[SiH]1CCCCC1(C)ON. The molecule has 0 radical (unpaired) electrons. The van der Waals surface area contributed by atoms with E-state index in [2.05, 4.69) is 13.8 Å². The van der Waals surface area contributed by atoms with Crippen LogP contribution in [0.2, 0.25) is 12.1 Å². The molecule has 1 rings (SSSR count). The monoisotopic (exact) mass is 201 g/mol. The van der Waals surface area contributed by atoms with Crippen molar-refractivity contribution in [3.05, 3.63) is 0 Å². The molecular formula is C10H23NOSi. The summed E-state index contributed by atoms with van der Waals surface area (Å²) < 4.78 is 0. The molecule has 13 heavy (non-hydrogen) atoms. The first-order chi connectivity index (χ1) is 6.23. The summed E-state index contributed by atoms with van der Waals surface area (Å²) in [5.74, 6) is 5.43. The van der Waals surface area contributed by atoms with Crippen LogP contribution < -0.4 is 5.90 Å². The van der Waals surface area contributed by atoms with Gasteiger partial charge in [0.25, 0.3) is 0 Å². The van der Waals surface area contributed by atoms with Crippen LogP contribution in [0.1, 0.15) is 46.0 Å². The van der Waals surface area contributed by atoms with E-state index in [9.17, 15) is 0 Å². The fraction of sp³-hybridized carbons (Fsp3) is 1.00. The minimum Gasteiger partial charge on any atom is -0.302 e. The summed E-state index contributed by atoms with van der Waals surface area (Å²) in [6.07, 6.45) is 6.60. The number of hydrogen-bond acceptors (Lipinski definition) is 2. The topological polar surface area (TPSA) is 35.2 Å². The lowest BCUT2D eigenvalue weighted by Gasteiger charge is -2.38. The fourth-order valence-corrected chi connectivity index (χ4v) is 6.43. The molecule has 1 heterocycles. The molecule has 2 N–H and O–H groups in total. The van der Waals surface area contributed by atoms with E-state index in [0.29, 0.717) is 0 Å². The Hall–Kier alpha value is 0.137. The van der Waals surface area contributed by atoms with Crippen molar-refractivity contribution in [2.45, 2.75) is 63.3 Å². The molecule has 0 bridgehead atoms. The Morgan fingerprint density at radius 1 is 1.46 bits per heavy atom. The highest BCUT2D eigenvalue weighted by Crippen LogP contribution is 2.32. The quantitative estimate of drug-likeness (QED) is 0.560. The van der Waals surface area contributed by atoms with Crippen LogP contribution in [0.15, 0.2) is 0 Å². The van der Waals surface area contributed by atoms with Gasteiger partial charge >= 0.3 is 0 Å². The van der Waals surface area contributed by atoms with Gasteiger partial charge in [-0.05, 0) is 13.3 Å². The zero-order valence-corrected chi connectivity index (χ0v) is 10.2. The maximum absolute atomic E-state index is 5.43. The number of nitrogens with two attached hydrogens (primary N) is 1. The average Bonchev–Trinajstić information content (AvgIpc) is 2.17. The van der Waals surface area contributed by atoms with Crippen LogP contribution >= 0.6 is 0 Å². The number of hydrogen-bond donors (Lipinski definition) is 1. The molecule has 0 spiro atoms. The van der Waals surface area contributed by atoms with E-state index in [-0.39, 0.29) is 5.22 Å². The van der Waals surface area contributed by atoms with E-state index in [1.807, 2.05) is 0 Å². The van der Waals surface area contributed by atoms with Gasteiger partial charge in [-0.3, -0.25) is 0 Å². The van der Waals surface area contributed by atoms with E-state index in [0.717, 1.165) is 0 Å². The second-order valence-electron chi connectivity index (χ2n) is 4.52. The molecule has 2 atom stereocenters. The molecular weight excluding hydrogens is 178 g/mol. The van der Waals surface area contributed by atoms with Crippen LogP contribution in [0.3, 0.4) is 0 Å². The van der Waals surface area contributed by atoms with Gasteiger partial charge in [-0.1, -0.05) is 44.7 Å². The van der Waals surface area contributed by atoms with Crippen molar-refractivity contribution in [3.8, 4) is 0 Å². The molecule has 0 aliphatic carbocycles. The van der Waals surface area contributed by atoms with Crippen LogP contribution in [0.4, 0.5) is 0 Å². The first kappa shape index (κ1) is 11.2. The number of rotatable bonds is 4. The molecule has 1 saturated heterocycles. The second-order valence-corrected chi connectivity index (χ2v) is 8.29. The maximum atomic E-state index is 5.43. The Kier molecular flexibility index (Phi) is 4.42. The molecule has 2 unspecified atom stereocenters. The molecule has 0 aromatic rings. The summed E-state index contributed by atoms with van der Waals surface area (Å²) in [7, 11) is -0.721. The smallest absolute Gasteiger partial charge is 0.0779 e. The van der Waals surface area contributed by atoms with Crippen LogP contribution in [-0.4, -0.2) is 14.0 Å². The van der Waals surface area contributed by atoms with E-state index < -0.39 is 8.80 Å². The average molecular weight is 201 g/mol. The molecule has 0 saturated carbocycles. The minimum absolute atomic E-state index is 0.105. The van der Waals surface area contributed by atoms with Gasteiger partial charge < -0.3 is 4.84 Å². The lowest BCUT2D eigenvalue weighted by atomic mass is 10.1. The molecule has 0 aromatic heterocycles. The standard InChI is InChI=1S/C10H23NOSi/c1-3-4-8-13-9-6-5-7-10(13,2)12-11/h13H,3-9,11H2,1-2H3. The Morgan fingerprint density at radius 2 is 2.23 bits per heavy atom. The second kappa shape index (κ2) is 5.13. The van der Waals surface area contributed by atoms with Gasteiger partial charge in [0.2, 0.25) is 0 Å². The van der Waals surface area contributed by atoms with Crippen molar-refractivity contribution in [1.29, 1.82) is 0 Å². The van der Waals surface area contributed by atoms with Gasteiger partial charge in [0.1, 0.15) is 0 Å². The third-order valence-electron chi connectivity index (χ3n) is 3.51. The Morgan fingerprint density at radius 3 is 2.85 bits per heavy atom. The van der Waals surface area contributed by atoms with Gasteiger partial charge in [0.05, 0.1) is 14.0 Å². The molecule has 78 valence electrons. The van der Waals surface area contributed by atoms with Crippen molar-refractivity contribution >= 4 is 8.80 Å².